The lowest BCUT2D eigenvalue weighted by atomic mass is 9.97. The smallest absolute Gasteiger partial charge is 0.227 e. The predicted molar refractivity (Wildman–Crippen MR) is 76.0 cm³/mol. The minimum atomic E-state index is 0.146. The average molecular weight is 279 g/mol. The summed E-state index contributed by atoms with van der Waals surface area (Å²) in [6, 6.07) is 0.570. The van der Waals surface area contributed by atoms with Crippen molar-refractivity contribution in [2.75, 3.05) is 19.6 Å². The quantitative estimate of drug-likeness (QED) is 0.791. The molecule has 5 nitrogen and oxygen atoms in total. The van der Waals surface area contributed by atoms with Gasteiger partial charge in [-0.25, -0.2) is 0 Å². The van der Waals surface area contributed by atoms with E-state index in [1.54, 1.807) is 0 Å². The van der Waals surface area contributed by atoms with Gasteiger partial charge in [-0.1, -0.05) is 0 Å². The van der Waals surface area contributed by atoms with Crippen LogP contribution in [0.15, 0.2) is 0 Å². The van der Waals surface area contributed by atoms with Gasteiger partial charge in [0.1, 0.15) is 0 Å². The normalized spacial score (nSPS) is 31.4. The summed E-state index contributed by atoms with van der Waals surface area (Å²) >= 11 is 0. The van der Waals surface area contributed by atoms with Gasteiger partial charge >= 0.3 is 0 Å². The largest absolute Gasteiger partial charge is 0.353 e. The standard InChI is InChI=1S/C15H25N3O2/c1-10-13(4-7-16-10)15(20)18-8-5-12(6-9-18)17-14(19)11-2-3-11/h10-13,16H,2-9H2,1H3,(H,17,19). The summed E-state index contributed by atoms with van der Waals surface area (Å²) in [6.07, 6.45) is 4.86. The summed E-state index contributed by atoms with van der Waals surface area (Å²) in [5, 5.41) is 6.47. The fourth-order valence-electron chi connectivity index (χ4n) is 3.34. The second kappa shape index (κ2) is 5.72. The molecule has 1 saturated carbocycles. The number of amides is 2. The monoisotopic (exact) mass is 279 g/mol. The summed E-state index contributed by atoms with van der Waals surface area (Å²) < 4.78 is 0. The highest BCUT2D eigenvalue weighted by atomic mass is 16.2. The molecule has 3 aliphatic rings. The first-order valence-corrected chi connectivity index (χ1v) is 7.97. The Morgan fingerprint density at radius 1 is 1.10 bits per heavy atom. The molecule has 3 rings (SSSR count). The van der Waals surface area contributed by atoms with Crippen LogP contribution < -0.4 is 10.6 Å². The van der Waals surface area contributed by atoms with E-state index in [9.17, 15) is 9.59 Å². The van der Waals surface area contributed by atoms with Crippen LogP contribution in [0.25, 0.3) is 0 Å². The number of nitrogens with zero attached hydrogens (tertiary/aromatic N) is 1. The first-order valence-electron chi connectivity index (χ1n) is 7.97. The van der Waals surface area contributed by atoms with Crippen LogP contribution in [0.1, 0.15) is 39.0 Å². The maximum Gasteiger partial charge on any atom is 0.227 e. The van der Waals surface area contributed by atoms with Crippen LogP contribution in [0.3, 0.4) is 0 Å². The number of hydrogen-bond acceptors (Lipinski definition) is 3. The van der Waals surface area contributed by atoms with E-state index in [4.69, 9.17) is 0 Å². The van der Waals surface area contributed by atoms with Crippen LogP contribution in [0, 0.1) is 11.8 Å². The van der Waals surface area contributed by atoms with E-state index in [1.165, 1.54) is 0 Å². The molecular weight excluding hydrogens is 254 g/mol. The summed E-state index contributed by atoms with van der Waals surface area (Å²) in [4.78, 5) is 26.2. The fourth-order valence-corrected chi connectivity index (χ4v) is 3.34. The molecule has 0 aromatic heterocycles. The molecule has 0 bridgehead atoms. The van der Waals surface area contributed by atoms with Crippen molar-refractivity contribution in [3.05, 3.63) is 0 Å². The van der Waals surface area contributed by atoms with Crippen molar-refractivity contribution in [3.63, 3.8) is 0 Å². The topological polar surface area (TPSA) is 61.4 Å². The molecule has 0 spiro atoms. The molecule has 2 atom stereocenters. The van der Waals surface area contributed by atoms with Gasteiger partial charge in [0.25, 0.3) is 0 Å². The Morgan fingerprint density at radius 3 is 2.35 bits per heavy atom. The molecule has 0 radical (unpaired) electrons. The number of carbonyl (C=O) groups excluding carboxylic acids is 2. The van der Waals surface area contributed by atoms with Gasteiger partial charge in [-0.3, -0.25) is 9.59 Å². The highest BCUT2D eigenvalue weighted by Gasteiger charge is 2.35. The summed E-state index contributed by atoms with van der Waals surface area (Å²) in [6.45, 7) is 4.62. The zero-order valence-electron chi connectivity index (χ0n) is 12.2. The van der Waals surface area contributed by atoms with Crippen LogP contribution in [-0.2, 0) is 9.59 Å². The Balaban J connectivity index is 1.45. The highest BCUT2D eigenvalue weighted by Crippen LogP contribution is 2.29. The van der Waals surface area contributed by atoms with Crippen molar-refractivity contribution < 1.29 is 9.59 Å². The molecule has 2 heterocycles. The minimum absolute atomic E-state index is 0.146. The molecule has 2 N–H and O–H groups in total. The molecule has 0 aromatic carbocycles. The van der Waals surface area contributed by atoms with Crippen LogP contribution in [0.2, 0.25) is 0 Å². The van der Waals surface area contributed by atoms with E-state index in [0.29, 0.717) is 11.9 Å². The molecule has 2 amide bonds. The number of piperidine rings is 1. The van der Waals surface area contributed by atoms with Crippen LogP contribution in [0.5, 0.6) is 0 Å². The fraction of sp³-hybridized carbons (Fsp3) is 0.867. The minimum Gasteiger partial charge on any atom is -0.353 e. The second-order valence-electron chi connectivity index (χ2n) is 6.52. The van der Waals surface area contributed by atoms with Crippen molar-refractivity contribution in [2.24, 2.45) is 11.8 Å². The number of likely N-dealkylation sites (tertiary alicyclic amines) is 1. The lowest BCUT2D eigenvalue weighted by molar-refractivity contribution is -0.136. The summed E-state index contributed by atoms with van der Waals surface area (Å²) in [5.74, 6) is 0.950. The number of nitrogens with one attached hydrogen (secondary N) is 2. The molecule has 2 saturated heterocycles. The van der Waals surface area contributed by atoms with Crippen LogP contribution in [0.4, 0.5) is 0 Å². The maximum atomic E-state index is 12.5. The van der Waals surface area contributed by atoms with Crippen molar-refractivity contribution in [1.82, 2.24) is 15.5 Å². The Labute approximate surface area is 120 Å². The van der Waals surface area contributed by atoms with Gasteiger partial charge in [-0.15, -0.1) is 0 Å². The van der Waals surface area contributed by atoms with Gasteiger partial charge in [0.15, 0.2) is 0 Å². The Hall–Kier alpha value is -1.10. The second-order valence-corrected chi connectivity index (χ2v) is 6.52. The van der Waals surface area contributed by atoms with Crippen molar-refractivity contribution in [1.29, 1.82) is 0 Å². The van der Waals surface area contributed by atoms with E-state index in [0.717, 1.165) is 51.7 Å². The number of carbonyl (C=O) groups is 2. The third kappa shape index (κ3) is 2.97. The third-order valence-electron chi connectivity index (χ3n) is 4.94. The zero-order chi connectivity index (χ0) is 14.1. The highest BCUT2D eigenvalue weighted by molar-refractivity contribution is 5.81. The molecule has 2 aliphatic heterocycles. The summed E-state index contributed by atoms with van der Waals surface area (Å²) in [5.41, 5.74) is 0. The van der Waals surface area contributed by atoms with Crippen LogP contribution >= 0.6 is 0 Å². The van der Waals surface area contributed by atoms with Crippen molar-refractivity contribution >= 4 is 11.8 Å². The first kappa shape index (κ1) is 13.9. The van der Waals surface area contributed by atoms with E-state index in [2.05, 4.69) is 17.6 Å². The Bertz CT molecular complexity index is 387. The Kier molecular flexibility index (Phi) is 3.96. The molecule has 5 heteroatoms. The molecule has 0 aromatic rings. The predicted octanol–water partition coefficient (Wildman–Crippen LogP) is 0.502. The van der Waals surface area contributed by atoms with Crippen LogP contribution in [-0.4, -0.2) is 48.4 Å². The van der Waals surface area contributed by atoms with Crippen molar-refractivity contribution in [3.8, 4) is 0 Å². The molecular formula is C15H25N3O2. The number of rotatable bonds is 3. The van der Waals surface area contributed by atoms with Gasteiger partial charge in [0, 0.05) is 31.1 Å². The van der Waals surface area contributed by atoms with Gasteiger partial charge in [0.05, 0.1) is 5.92 Å². The van der Waals surface area contributed by atoms with Gasteiger partial charge in [-0.05, 0) is 45.6 Å². The molecule has 1 aliphatic carbocycles. The zero-order valence-corrected chi connectivity index (χ0v) is 12.2. The third-order valence-corrected chi connectivity index (χ3v) is 4.94. The van der Waals surface area contributed by atoms with E-state index >= 15 is 0 Å². The average Bonchev–Trinajstić information content (AvgIpc) is 3.21. The first-order chi connectivity index (χ1) is 9.65. The van der Waals surface area contributed by atoms with E-state index in [1.807, 2.05) is 4.90 Å². The molecule has 112 valence electrons. The molecule has 20 heavy (non-hydrogen) atoms. The molecule has 2 unspecified atom stereocenters. The maximum absolute atomic E-state index is 12.5. The van der Waals surface area contributed by atoms with Crippen molar-refractivity contribution in [2.45, 2.75) is 51.1 Å². The lowest BCUT2D eigenvalue weighted by Gasteiger charge is -2.34. The summed E-state index contributed by atoms with van der Waals surface area (Å²) in [7, 11) is 0. The van der Waals surface area contributed by atoms with E-state index < -0.39 is 0 Å². The van der Waals surface area contributed by atoms with Gasteiger partial charge in [-0.2, -0.15) is 0 Å². The molecule has 3 fully saturated rings. The Morgan fingerprint density at radius 2 is 1.80 bits per heavy atom. The van der Waals surface area contributed by atoms with Gasteiger partial charge in [0.2, 0.25) is 11.8 Å². The van der Waals surface area contributed by atoms with E-state index in [-0.39, 0.29) is 23.8 Å². The van der Waals surface area contributed by atoms with Gasteiger partial charge < -0.3 is 15.5 Å². The lowest BCUT2D eigenvalue weighted by Crippen LogP contribution is -2.49. The number of hydrogen-bond donors (Lipinski definition) is 2. The SMILES string of the molecule is CC1NCCC1C(=O)N1CCC(NC(=O)C2CC2)CC1.